The van der Waals surface area contributed by atoms with Crippen molar-refractivity contribution in [2.75, 3.05) is 25.1 Å². The number of nitrogens with two attached hydrogens (primary N) is 1. The molecule has 0 saturated carbocycles. The van der Waals surface area contributed by atoms with E-state index >= 15 is 4.39 Å². The van der Waals surface area contributed by atoms with Gasteiger partial charge in [0, 0.05) is 22.9 Å². The van der Waals surface area contributed by atoms with Crippen LogP contribution in [0.5, 0.6) is 11.5 Å². The van der Waals surface area contributed by atoms with Crippen LogP contribution in [0, 0.1) is 12.7 Å². The Morgan fingerprint density at radius 3 is 2.33 bits per heavy atom. The Bertz CT molecular complexity index is 1410. The fourth-order valence-electron chi connectivity index (χ4n) is 3.54. The number of nitrogens with zero attached hydrogens (tertiary/aromatic N) is 1. The van der Waals surface area contributed by atoms with Crippen molar-refractivity contribution in [2.45, 2.75) is 40.3 Å². The molecule has 1 atom stereocenters. The standard InChI is InChI=1S/C27H30FN3O9/c1-5-35-18-12-19(22(28)20(13-18)36-6-2)23(25(32)37-7-3)30-17-10-8-16(9-11-17)24(29)31-26(33)38-14-21-15(4)39-27(34)40-21/h8-13,23,30H,5-7,14H2,1-4H3,(H2,29,31,33). The number of benzene rings is 2. The van der Waals surface area contributed by atoms with Crippen LogP contribution in [0.1, 0.15) is 49.5 Å². The average Bonchev–Trinajstić information content (AvgIpc) is 3.25. The lowest BCUT2D eigenvalue weighted by Crippen LogP contribution is -2.25. The number of aliphatic imine (C=N–C) groups is 1. The third kappa shape index (κ3) is 7.62. The highest BCUT2D eigenvalue weighted by Crippen LogP contribution is 2.33. The van der Waals surface area contributed by atoms with E-state index in [0.29, 0.717) is 23.6 Å². The second kappa shape index (κ2) is 13.8. The highest BCUT2D eigenvalue weighted by atomic mass is 19.1. The highest BCUT2D eigenvalue weighted by molar-refractivity contribution is 6.03. The molecule has 2 aromatic carbocycles. The molecule has 0 saturated heterocycles. The maximum atomic E-state index is 15.4. The zero-order valence-corrected chi connectivity index (χ0v) is 22.4. The summed E-state index contributed by atoms with van der Waals surface area (Å²) >= 11 is 0. The Balaban J connectivity index is 1.80. The van der Waals surface area contributed by atoms with Crippen LogP contribution in [-0.4, -0.2) is 37.7 Å². The minimum absolute atomic E-state index is 0.0237. The van der Waals surface area contributed by atoms with Crippen LogP contribution in [0.3, 0.4) is 0 Å². The van der Waals surface area contributed by atoms with Gasteiger partial charge in [-0.05, 0) is 58.0 Å². The molecular formula is C27H30FN3O9. The number of anilines is 1. The molecule has 3 N–H and O–H groups in total. The summed E-state index contributed by atoms with van der Waals surface area (Å²) in [6.45, 7) is 6.86. The second-order valence-electron chi connectivity index (χ2n) is 8.08. The van der Waals surface area contributed by atoms with Gasteiger partial charge < -0.3 is 38.8 Å². The maximum Gasteiger partial charge on any atom is 0.519 e. The molecule has 1 amide bonds. The first-order valence-electron chi connectivity index (χ1n) is 12.4. The van der Waals surface area contributed by atoms with Crippen molar-refractivity contribution in [2.24, 2.45) is 10.7 Å². The summed E-state index contributed by atoms with van der Waals surface area (Å²) in [6, 6.07) is 7.79. The zero-order valence-electron chi connectivity index (χ0n) is 22.4. The lowest BCUT2D eigenvalue weighted by molar-refractivity contribution is -0.144. The monoisotopic (exact) mass is 559 g/mol. The lowest BCUT2D eigenvalue weighted by atomic mass is 10.0. The molecule has 12 nitrogen and oxygen atoms in total. The zero-order chi connectivity index (χ0) is 29.2. The number of esters is 1. The number of hydrogen-bond donors (Lipinski definition) is 2. The molecular weight excluding hydrogens is 529 g/mol. The predicted molar refractivity (Wildman–Crippen MR) is 141 cm³/mol. The van der Waals surface area contributed by atoms with Gasteiger partial charge in [0.15, 0.2) is 35.7 Å². The third-order valence-electron chi connectivity index (χ3n) is 5.35. The van der Waals surface area contributed by atoms with Crippen molar-refractivity contribution >= 4 is 23.6 Å². The number of nitrogens with one attached hydrogen (secondary N) is 1. The van der Waals surface area contributed by atoms with E-state index in [-0.39, 0.29) is 48.5 Å². The van der Waals surface area contributed by atoms with Crippen LogP contribution in [0.25, 0.3) is 0 Å². The summed E-state index contributed by atoms with van der Waals surface area (Å²) in [6.07, 6.45) is -1.01. The summed E-state index contributed by atoms with van der Waals surface area (Å²) in [7, 11) is 0. The van der Waals surface area contributed by atoms with Gasteiger partial charge in [-0.3, -0.25) is 0 Å². The van der Waals surface area contributed by atoms with Crippen molar-refractivity contribution in [3.8, 4) is 11.5 Å². The van der Waals surface area contributed by atoms with Crippen LogP contribution in [0.2, 0.25) is 0 Å². The SMILES string of the molecule is CCOC(=O)C(Nc1ccc(C(N)=NC(=O)OCc2oc(=O)oc2C)cc1)c1cc(OCC)cc(OCC)c1F. The minimum Gasteiger partial charge on any atom is -0.494 e. The van der Waals surface area contributed by atoms with E-state index in [1.165, 1.54) is 31.2 Å². The molecule has 0 fully saturated rings. The van der Waals surface area contributed by atoms with Gasteiger partial charge in [-0.25, -0.2) is 18.8 Å². The normalized spacial score (nSPS) is 12.0. The molecule has 0 spiro atoms. The Morgan fingerprint density at radius 1 is 1.02 bits per heavy atom. The maximum absolute atomic E-state index is 15.4. The van der Waals surface area contributed by atoms with Gasteiger partial charge in [-0.1, -0.05) is 0 Å². The first-order chi connectivity index (χ1) is 19.2. The predicted octanol–water partition coefficient (Wildman–Crippen LogP) is 4.24. The number of carbonyl (C=O) groups excluding carboxylic acids is 2. The van der Waals surface area contributed by atoms with E-state index in [0.717, 1.165) is 0 Å². The fourth-order valence-corrected chi connectivity index (χ4v) is 3.54. The van der Waals surface area contributed by atoms with E-state index in [9.17, 15) is 14.4 Å². The largest absolute Gasteiger partial charge is 0.519 e. The number of hydrogen-bond acceptors (Lipinski definition) is 10. The molecule has 214 valence electrons. The van der Waals surface area contributed by atoms with E-state index < -0.39 is 29.7 Å². The van der Waals surface area contributed by atoms with Gasteiger partial charge >= 0.3 is 17.9 Å². The molecule has 1 aromatic heterocycles. The van der Waals surface area contributed by atoms with Gasteiger partial charge in [0.25, 0.3) is 0 Å². The van der Waals surface area contributed by atoms with Gasteiger partial charge in [-0.2, -0.15) is 4.99 Å². The number of ether oxygens (including phenoxy) is 4. The Kier molecular flexibility index (Phi) is 10.3. The first kappa shape index (κ1) is 29.7. The molecule has 0 bridgehead atoms. The van der Waals surface area contributed by atoms with Gasteiger partial charge in [0.2, 0.25) is 0 Å². The van der Waals surface area contributed by atoms with Gasteiger partial charge in [0.05, 0.1) is 19.8 Å². The third-order valence-corrected chi connectivity index (χ3v) is 5.35. The van der Waals surface area contributed by atoms with E-state index in [4.69, 9.17) is 29.1 Å². The average molecular weight is 560 g/mol. The molecule has 3 rings (SSSR count). The van der Waals surface area contributed by atoms with Crippen molar-refractivity contribution < 1.29 is 41.8 Å². The van der Waals surface area contributed by atoms with Crippen LogP contribution in [0.4, 0.5) is 14.9 Å². The van der Waals surface area contributed by atoms with Crippen LogP contribution in [0.15, 0.2) is 55.0 Å². The number of halogens is 1. The van der Waals surface area contributed by atoms with Crippen molar-refractivity contribution in [1.82, 2.24) is 0 Å². The summed E-state index contributed by atoms with van der Waals surface area (Å²) < 4.78 is 45.9. The molecule has 1 unspecified atom stereocenters. The quantitative estimate of drug-likeness (QED) is 0.185. The van der Waals surface area contributed by atoms with Crippen molar-refractivity contribution in [3.63, 3.8) is 0 Å². The van der Waals surface area contributed by atoms with Gasteiger partial charge in [-0.15, -0.1) is 0 Å². The van der Waals surface area contributed by atoms with Gasteiger partial charge in [0.1, 0.15) is 11.6 Å². The fraction of sp³-hybridized carbons (Fsp3) is 0.333. The van der Waals surface area contributed by atoms with E-state index in [2.05, 4.69) is 14.7 Å². The number of amidine groups is 1. The number of amides is 1. The molecule has 0 aliphatic heterocycles. The summed E-state index contributed by atoms with van der Waals surface area (Å²) in [4.78, 5) is 39.7. The Hall–Kier alpha value is -4.81. The van der Waals surface area contributed by atoms with Crippen molar-refractivity contribution in [3.05, 3.63) is 75.5 Å². The van der Waals surface area contributed by atoms with E-state index in [1.54, 1.807) is 32.9 Å². The number of rotatable bonds is 12. The summed E-state index contributed by atoms with van der Waals surface area (Å²) in [5.74, 6) is -2.01. The van der Waals surface area contributed by atoms with E-state index in [1.807, 2.05) is 0 Å². The summed E-state index contributed by atoms with van der Waals surface area (Å²) in [5.41, 5.74) is 6.68. The van der Waals surface area contributed by atoms with Crippen LogP contribution < -0.4 is 26.3 Å². The molecule has 0 aliphatic rings. The molecule has 13 heteroatoms. The molecule has 40 heavy (non-hydrogen) atoms. The topological polar surface area (TPSA) is 165 Å². The lowest BCUT2D eigenvalue weighted by Gasteiger charge is -2.21. The minimum atomic E-state index is -1.24. The molecule has 0 radical (unpaired) electrons. The smallest absolute Gasteiger partial charge is 0.494 e. The van der Waals surface area contributed by atoms with Crippen LogP contribution >= 0.6 is 0 Å². The molecule has 1 heterocycles. The molecule has 3 aromatic rings. The number of aryl methyl sites for hydroxylation is 1. The second-order valence-corrected chi connectivity index (χ2v) is 8.08. The van der Waals surface area contributed by atoms with Crippen molar-refractivity contribution in [1.29, 1.82) is 0 Å². The summed E-state index contributed by atoms with van der Waals surface area (Å²) in [5, 5.41) is 2.97. The highest BCUT2D eigenvalue weighted by Gasteiger charge is 2.28. The Morgan fingerprint density at radius 2 is 1.73 bits per heavy atom. The molecule has 0 aliphatic carbocycles. The first-order valence-corrected chi connectivity index (χ1v) is 12.4. The number of carbonyl (C=O) groups is 2. The van der Waals surface area contributed by atoms with Crippen LogP contribution in [-0.2, 0) is 20.9 Å². The Labute approximate surface area is 228 Å².